The number of hydrogen-bond acceptors (Lipinski definition) is 5. The van der Waals surface area contributed by atoms with Gasteiger partial charge in [0, 0.05) is 17.6 Å². The van der Waals surface area contributed by atoms with Crippen molar-refractivity contribution in [3.05, 3.63) is 35.3 Å². The molecule has 0 unspecified atom stereocenters. The Kier molecular flexibility index (Phi) is 4.40. The van der Waals surface area contributed by atoms with E-state index in [1.165, 1.54) is 11.3 Å². The zero-order valence-electron chi connectivity index (χ0n) is 14.8. The number of thiazole rings is 1. The van der Waals surface area contributed by atoms with Crippen LogP contribution in [0.1, 0.15) is 24.6 Å². The predicted molar refractivity (Wildman–Crippen MR) is 98.8 cm³/mol. The summed E-state index contributed by atoms with van der Waals surface area (Å²) in [5, 5.41) is 0.850. The summed E-state index contributed by atoms with van der Waals surface area (Å²) in [6.07, 6.45) is 3.46. The van der Waals surface area contributed by atoms with Crippen molar-refractivity contribution < 1.29 is 14.3 Å². The second-order valence-corrected chi connectivity index (χ2v) is 7.78. The minimum atomic E-state index is -0.423. The SMILES string of the molecule is COc1ccccc1-c1ncc(CN2C(=O)[C@H]3CCCN3C(=O)[C@@H]2C)s1. The molecule has 2 saturated heterocycles. The molecule has 0 N–H and O–H groups in total. The van der Waals surface area contributed by atoms with Crippen LogP contribution in [0.3, 0.4) is 0 Å². The van der Waals surface area contributed by atoms with Crippen LogP contribution in [-0.2, 0) is 16.1 Å². The number of piperazine rings is 1. The number of para-hydroxylation sites is 1. The molecule has 2 aromatic rings. The Morgan fingerprint density at radius 1 is 1.27 bits per heavy atom. The number of carbonyl (C=O) groups is 2. The standard InChI is InChI=1S/C19H21N3O3S/c1-12-18(23)21-9-5-7-15(21)19(24)22(12)11-13-10-20-17(26-13)14-6-3-4-8-16(14)25-2/h3-4,6,8,10,12,15H,5,7,9,11H2,1-2H3/t12-,15+/m0/s1. The molecular formula is C19H21N3O3S. The molecule has 7 heteroatoms. The highest BCUT2D eigenvalue weighted by molar-refractivity contribution is 7.15. The number of carbonyl (C=O) groups excluding carboxylic acids is 2. The van der Waals surface area contributed by atoms with Crippen molar-refractivity contribution in [2.75, 3.05) is 13.7 Å². The molecule has 0 radical (unpaired) electrons. The molecular weight excluding hydrogens is 350 g/mol. The smallest absolute Gasteiger partial charge is 0.246 e. The fourth-order valence-electron chi connectivity index (χ4n) is 3.75. The molecule has 1 aromatic heterocycles. The summed E-state index contributed by atoms with van der Waals surface area (Å²) in [5.41, 5.74) is 0.933. The van der Waals surface area contributed by atoms with E-state index in [0.29, 0.717) is 13.1 Å². The largest absolute Gasteiger partial charge is 0.496 e. The van der Waals surface area contributed by atoms with Crippen molar-refractivity contribution >= 4 is 23.2 Å². The lowest BCUT2D eigenvalue weighted by molar-refractivity contribution is -0.159. The van der Waals surface area contributed by atoms with Gasteiger partial charge in [-0.15, -0.1) is 11.3 Å². The quantitative estimate of drug-likeness (QED) is 0.829. The Balaban J connectivity index is 1.57. The molecule has 1 aromatic carbocycles. The van der Waals surface area contributed by atoms with E-state index in [0.717, 1.165) is 34.0 Å². The molecule has 2 atom stereocenters. The van der Waals surface area contributed by atoms with Gasteiger partial charge in [-0.3, -0.25) is 9.59 Å². The molecule has 0 saturated carbocycles. The Labute approximate surface area is 156 Å². The Hall–Kier alpha value is -2.41. The van der Waals surface area contributed by atoms with Crippen molar-refractivity contribution in [1.82, 2.24) is 14.8 Å². The lowest BCUT2D eigenvalue weighted by Gasteiger charge is -2.40. The van der Waals surface area contributed by atoms with Crippen LogP contribution in [-0.4, -0.2) is 52.3 Å². The van der Waals surface area contributed by atoms with Gasteiger partial charge < -0.3 is 14.5 Å². The molecule has 2 fully saturated rings. The van der Waals surface area contributed by atoms with Gasteiger partial charge in [-0.2, -0.15) is 0 Å². The van der Waals surface area contributed by atoms with E-state index in [-0.39, 0.29) is 17.9 Å². The average Bonchev–Trinajstić information content (AvgIpc) is 3.33. The van der Waals surface area contributed by atoms with E-state index in [9.17, 15) is 9.59 Å². The van der Waals surface area contributed by atoms with Crippen molar-refractivity contribution in [3.8, 4) is 16.3 Å². The van der Waals surface area contributed by atoms with E-state index < -0.39 is 6.04 Å². The molecule has 26 heavy (non-hydrogen) atoms. The van der Waals surface area contributed by atoms with Crippen LogP contribution in [0.15, 0.2) is 30.5 Å². The summed E-state index contributed by atoms with van der Waals surface area (Å²) in [6.45, 7) is 2.94. The first-order chi connectivity index (χ1) is 12.6. The monoisotopic (exact) mass is 371 g/mol. The number of nitrogens with zero attached hydrogens (tertiary/aromatic N) is 3. The highest BCUT2D eigenvalue weighted by Gasteiger charge is 2.45. The third-order valence-corrected chi connectivity index (χ3v) is 6.16. The molecule has 136 valence electrons. The van der Waals surface area contributed by atoms with Crippen LogP contribution in [0, 0.1) is 0 Å². The molecule has 2 aliphatic heterocycles. The zero-order chi connectivity index (χ0) is 18.3. The van der Waals surface area contributed by atoms with Gasteiger partial charge in [0.1, 0.15) is 22.8 Å². The van der Waals surface area contributed by atoms with Crippen LogP contribution in [0.25, 0.3) is 10.6 Å². The maximum atomic E-state index is 12.8. The zero-order valence-corrected chi connectivity index (χ0v) is 15.7. The number of rotatable bonds is 4. The minimum Gasteiger partial charge on any atom is -0.496 e. The van der Waals surface area contributed by atoms with E-state index in [2.05, 4.69) is 4.98 Å². The van der Waals surface area contributed by atoms with Gasteiger partial charge in [-0.1, -0.05) is 12.1 Å². The Bertz CT molecular complexity index is 850. The van der Waals surface area contributed by atoms with E-state index in [1.807, 2.05) is 31.2 Å². The number of methoxy groups -OCH3 is 1. The normalized spacial score (nSPS) is 22.7. The number of fused-ring (bicyclic) bond motifs is 1. The lowest BCUT2D eigenvalue weighted by Crippen LogP contribution is -2.61. The second-order valence-electron chi connectivity index (χ2n) is 6.66. The molecule has 2 aliphatic rings. The van der Waals surface area contributed by atoms with Crippen molar-refractivity contribution in [3.63, 3.8) is 0 Å². The average molecular weight is 371 g/mol. The van der Waals surface area contributed by atoms with E-state index >= 15 is 0 Å². The first-order valence-corrected chi connectivity index (χ1v) is 9.61. The third-order valence-electron chi connectivity index (χ3n) is 5.15. The minimum absolute atomic E-state index is 0.0570. The molecule has 2 amide bonds. The fraction of sp³-hybridized carbons (Fsp3) is 0.421. The Morgan fingerprint density at radius 2 is 2.08 bits per heavy atom. The highest BCUT2D eigenvalue weighted by Crippen LogP contribution is 2.34. The van der Waals surface area contributed by atoms with E-state index in [1.54, 1.807) is 23.1 Å². The van der Waals surface area contributed by atoms with Crippen molar-refractivity contribution in [2.24, 2.45) is 0 Å². The summed E-state index contributed by atoms with van der Waals surface area (Å²) >= 11 is 1.53. The van der Waals surface area contributed by atoms with Crippen LogP contribution in [0.2, 0.25) is 0 Å². The lowest BCUT2D eigenvalue weighted by atomic mass is 10.1. The van der Waals surface area contributed by atoms with Gasteiger partial charge in [-0.05, 0) is 31.9 Å². The van der Waals surface area contributed by atoms with Gasteiger partial charge in [0.15, 0.2) is 0 Å². The van der Waals surface area contributed by atoms with Gasteiger partial charge in [0.05, 0.1) is 19.2 Å². The summed E-state index contributed by atoms with van der Waals surface area (Å²) in [7, 11) is 1.64. The van der Waals surface area contributed by atoms with Crippen LogP contribution in [0.5, 0.6) is 5.75 Å². The third kappa shape index (κ3) is 2.76. The highest BCUT2D eigenvalue weighted by atomic mass is 32.1. The molecule has 0 spiro atoms. The topological polar surface area (TPSA) is 62.7 Å². The Morgan fingerprint density at radius 3 is 2.88 bits per heavy atom. The van der Waals surface area contributed by atoms with Crippen LogP contribution >= 0.6 is 11.3 Å². The first-order valence-electron chi connectivity index (χ1n) is 8.79. The number of benzene rings is 1. The van der Waals surface area contributed by atoms with Crippen molar-refractivity contribution in [2.45, 2.75) is 38.4 Å². The van der Waals surface area contributed by atoms with Gasteiger partial charge >= 0.3 is 0 Å². The first kappa shape index (κ1) is 17.0. The maximum absolute atomic E-state index is 12.8. The number of hydrogen-bond donors (Lipinski definition) is 0. The maximum Gasteiger partial charge on any atom is 0.246 e. The molecule has 3 heterocycles. The fourth-order valence-corrected chi connectivity index (χ4v) is 4.69. The van der Waals surface area contributed by atoms with Gasteiger partial charge in [0.2, 0.25) is 11.8 Å². The molecule has 4 rings (SSSR count). The van der Waals surface area contributed by atoms with Crippen molar-refractivity contribution in [1.29, 1.82) is 0 Å². The van der Waals surface area contributed by atoms with Crippen LogP contribution < -0.4 is 4.74 Å². The number of amides is 2. The second kappa shape index (κ2) is 6.72. The number of aromatic nitrogens is 1. The van der Waals surface area contributed by atoms with E-state index in [4.69, 9.17) is 4.74 Å². The predicted octanol–water partition coefficient (Wildman–Crippen LogP) is 2.54. The summed E-state index contributed by atoms with van der Waals surface area (Å²) in [6, 6.07) is 7.04. The summed E-state index contributed by atoms with van der Waals surface area (Å²) in [5.74, 6) is 0.885. The summed E-state index contributed by atoms with van der Waals surface area (Å²) in [4.78, 5) is 34.3. The van der Waals surface area contributed by atoms with Gasteiger partial charge in [0.25, 0.3) is 0 Å². The molecule has 6 nitrogen and oxygen atoms in total. The number of ether oxygens (including phenoxy) is 1. The van der Waals surface area contributed by atoms with Gasteiger partial charge in [-0.25, -0.2) is 4.98 Å². The summed E-state index contributed by atoms with van der Waals surface area (Å²) < 4.78 is 5.41. The molecule has 0 bridgehead atoms. The van der Waals surface area contributed by atoms with Crippen LogP contribution in [0.4, 0.5) is 0 Å². The molecule has 0 aliphatic carbocycles.